The van der Waals surface area contributed by atoms with E-state index in [1.807, 2.05) is 0 Å². The fourth-order valence-electron chi connectivity index (χ4n) is 2.70. The molecule has 0 aromatic rings. The van der Waals surface area contributed by atoms with Gasteiger partial charge in [0.1, 0.15) is 6.10 Å². The third-order valence-electron chi connectivity index (χ3n) is 3.99. The molecule has 4 heteroatoms. The molecule has 0 aromatic carbocycles. The molecule has 2 fully saturated rings. The summed E-state index contributed by atoms with van der Waals surface area (Å²) in [5, 5.41) is 3.38. The largest absolute Gasteiger partial charge is 0.368 e. The molecule has 1 N–H and O–H groups in total. The van der Waals surface area contributed by atoms with Gasteiger partial charge in [0.2, 0.25) is 5.91 Å². The first kappa shape index (κ1) is 13.2. The summed E-state index contributed by atoms with van der Waals surface area (Å²) in [5.41, 5.74) is 0. The van der Waals surface area contributed by atoms with Gasteiger partial charge in [-0.3, -0.25) is 4.79 Å². The summed E-state index contributed by atoms with van der Waals surface area (Å²) in [7, 11) is 0. The minimum atomic E-state index is -0.223. The van der Waals surface area contributed by atoms with E-state index in [0.29, 0.717) is 17.2 Å². The van der Waals surface area contributed by atoms with Crippen LogP contribution >= 0.6 is 11.6 Å². The summed E-state index contributed by atoms with van der Waals surface area (Å²) in [5.74, 6) is 1.03. The van der Waals surface area contributed by atoms with E-state index in [4.69, 9.17) is 16.3 Å². The van der Waals surface area contributed by atoms with Crippen molar-refractivity contribution in [3.63, 3.8) is 0 Å². The van der Waals surface area contributed by atoms with Crippen molar-refractivity contribution in [3.8, 4) is 0 Å². The molecule has 1 heterocycles. The first-order valence-electron chi connectivity index (χ1n) is 6.70. The molecule has 17 heavy (non-hydrogen) atoms. The number of ether oxygens (including phenoxy) is 1. The lowest BCUT2D eigenvalue weighted by molar-refractivity contribution is -0.131. The number of nitrogens with one attached hydrogen (secondary N) is 1. The summed E-state index contributed by atoms with van der Waals surface area (Å²) < 4.78 is 5.45. The Morgan fingerprint density at radius 1 is 1.29 bits per heavy atom. The summed E-state index contributed by atoms with van der Waals surface area (Å²) in [6.45, 7) is 3.58. The molecule has 3 nitrogen and oxygen atoms in total. The van der Waals surface area contributed by atoms with Crippen LogP contribution in [0.3, 0.4) is 0 Å². The van der Waals surface area contributed by atoms with Crippen LogP contribution < -0.4 is 5.32 Å². The van der Waals surface area contributed by atoms with Crippen LogP contribution in [0.4, 0.5) is 0 Å². The predicted molar refractivity (Wildman–Crippen MR) is 68.1 cm³/mol. The van der Waals surface area contributed by atoms with E-state index >= 15 is 0 Å². The summed E-state index contributed by atoms with van der Waals surface area (Å²) >= 11 is 6.06. The van der Waals surface area contributed by atoms with Crippen LogP contribution in [-0.2, 0) is 9.53 Å². The summed E-state index contributed by atoms with van der Waals surface area (Å²) in [6.07, 6.45) is 5.21. The Labute approximate surface area is 108 Å². The van der Waals surface area contributed by atoms with E-state index in [-0.39, 0.29) is 12.0 Å². The Hall–Kier alpha value is -0.280. The Morgan fingerprint density at radius 2 is 2.00 bits per heavy atom. The molecule has 0 radical (unpaired) electrons. The highest BCUT2D eigenvalue weighted by atomic mass is 35.5. The second kappa shape index (κ2) is 6.05. The van der Waals surface area contributed by atoms with Gasteiger partial charge in [0.15, 0.2) is 0 Å². The molecule has 2 unspecified atom stereocenters. The molecule has 98 valence electrons. The summed E-state index contributed by atoms with van der Waals surface area (Å²) in [4.78, 5) is 11.9. The van der Waals surface area contributed by atoms with Gasteiger partial charge in [-0.15, -0.1) is 11.6 Å². The number of amides is 1. The lowest BCUT2D eigenvalue weighted by atomic mass is 9.89. The van der Waals surface area contributed by atoms with Gasteiger partial charge in [0.25, 0.3) is 0 Å². The van der Waals surface area contributed by atoms with Crippen molar-refractivity contribution in [1.82, 2.24) is 5.32 Å². The van der Waals surface area contributed by atoms with Crippen LogP contribution in [0.25, 0.3) is 0 Å². The van der Waals surface area contributed by atoms with E-state index < -0.39 is 0 Å². The number of alkyl halides is 1. The second-order valence-corrected chi connectivity index (χ2v) is 6.04. The zero-order chi connectivity index (χ0) is 12.3. The number of rotatable bonds is 3. The highest BCUT2D eigenvalue weighted by Crippen LogP contribution is 2.27. The van der Waals surface area contributed by atoms with Gasteiger partial charge in [0.05, 0.1) is 0 Å². The van der Waals surface area contributed by atoms with Crippen molar-refractivity contribution < 1.29 is 9.53 Å². The molecule has 2 aliphatic rings. The Kier molecular flexibility index (Phi) is 4.69. The smallest absolute Gasteiger partial charge is 0.249 e. The molecule has 0 aromatic heterocycles. The van der Waals surface area contributed by atoms with Gasteiger partial charge in [-0.1, -0.05) is 6.92 Å². The van der Waals surface area contributed by atoms with E-state index in [0.717, 1.165) is 45.3 Å². The van der Waals surface area contributed by atoms with Gasteiger partial charge in [-0.05, 0) is 43.9 Å². The molecule has 0 bridgehead atoms. The maximum Gasteiger partial charge on any atom is 0.249 e. The van der Waals surface area contributed by atoms with Gasteiger partial charge in [-0.25, -0.2) is 0 Å². The van der Waals surface area contributed by atoms with Crippen LogP contribution in [0.1, 0.15) is 39.0 Å². The third kappa shape index (κ3) is 3.59. The average molecular weight is 260 g/mol. The van der Waals surface area contributed by atoms with Gasteiger partial charge in [0, 0.05) is 18.5 Å². The van der Waals surface area contributed by atoms with E-state index in [9.17, 15) is 4.79 Å². The number of carbonyl (C=O) groups is 1. The molecule has 0 spiro atoms. The van der Waals surface area contributed by atoms with E-state index in [1.54, 1.807) is 0 Å². The van der Waals surface area contributed by atoms with Crippen molar-refractivity contribution in [2.75, 3.05) is 13.2 Å². The van der Waals surface area contributed by atoms with Gasteiger partial charge < -0.3 is 10.1 Å². The molecule has 1 aliphatic heterocycles. The quantitative estimate of drug-likeness (QED) is 0.790. The zero-order valence-electron chi connectivity index (χ0n) is 10.5. The molecule has 1 saturated carbocycles. The van der Waals surface area contributed by atoms with Crippen molar-refractivity contribution >= 4 is 17.5 Å². The fraction of sp³-hybridized carbons (Fsp3) is 0.923. The normalized spacial score (nSPS) is 38.0. The Balaban J connectivity index is 1.69. The highest BCUT2D eigenvalue weighted by molar-refractivity contribution is 6.20. The molecular weight excluding hydrogens is 238 g/mol. The molecule has 2 rings (SSSR count). The highest BCUT2D eigenvalue weighted by Gasteiger charge is 2.31. The van der Waals surface area contributed by atoms with Crippen LogP contribution in [0.2, 0.25) is 0 Å². The number of carbonyl (C=O) groups excluding carboxylic acids is 1. The van der Waals surface area contributed by atoms with Crippen LogP contribution in [0.15, 0.2) is 0 Å². The molecule has 1 aliphatic carbocycles. The van der Waals surface area contributed by atoms with Crippen molar-refractivity contribution in [3.05, 3.63) is 0 Å². The Morgan fingerprint density at radius 3 is 2.59 bits per heavy atom. The predicted octanol–water partition coefficient (Wildman–Crippen LogP) is 2.33. The first-order chi connectivity index (χ1) is 8.16. The average Bonchev–Trinajstić information content (AvgIpc) is 2.74. The van der Waals surface area contributed by atoms with Gasteiger partial charge >= 0.3 is 0 Å². The minimum absolute atomic E-state index is 0.0722. The topological polar surface area (TPSA) is 38.3 Å². The van der Waals surface area contributed by atoms with E-state index in [2.05, 4.69) is 12.2 Å². The minimum Gasteiger partial charge on any atom is -0.368 e. The van der Waals surface area contributed by atoms with Crippen LogP contribution in [-0.4, -0.2) is 30.5 Å². The fourth-order valence-corrected chi connectivity index (χ4v) is 2.95. The zero-order valence-corrected chi connectivity index (χ0v) is 11.2. The molecular formula is C13H22ClNO2. The SMILES string of the molecule is CC1CCOC1C(=O)NCC1CCC(Cl)CC1. The molecule has 2 atom stereocenters. The second-order valence-electron chi connectivity index (χ2n) is 5.42. The molecule has 1 saturated heterocycles. The number of hydrogen-bond donors (Lipinski definition) is 1. The standard InChI is InChI=1S/C13H22ClNO2/c1-9-6-7-17-12(9)13(16)15-8-10-2-4-11(14)5-3-10/h9-12H,2-8H2,1H3,(H,15,16). The first-order valence-corrected chi connectivity index (χ1v) is 7.14. The van der Waals surface area contributed by atoms with E-state index in [1.165, 1.54) is 0 Å². The molecule has 1 amide bonds. The van der Waals surface area contributed by atoms with Crippen molar-refractivity contribution in [2.45, 2.75) is 50.5 Å². The maximum atomic E-state index is 11.9. The monoisotopic (exact) mass is 259 g/mol. The maximum absolute atomic E-state index is 11.9. The Bertz CT molecular complexity index is 264. The number of hydrogen-bond acceptors (Lipinski definition) is 2. The van der Waals surface area contributed by atoms with Crippen LogP contribution in [0.5, 0.6) is 0 Å². The van der Waals surface area contributed by atoms with Crippen molar-refractivity contribution in [2.24, 2.45) is 11.8 Å². The van der Waals surface area contributed by atoms with Gasteiger partial charge in [-0.2, -0.15) is 0 Å². The summed E-state index contributed by atoms with van der Waals surface area (Å²) in [6, 6.07) is 0. The lowest BCUT2D eigenvalue weighted by Crippen LogP contribution is -2.40. The number of halogens is 1. The third-order valence-corrected chi connectivity index (χ3v) is 4.42. The lowest BCUT2D eigenvalue weighted by Gasteiger charge is -2.25. The van der Waals surface area contributed by atoms with Crippen molar-refractivity contribution in [1.29, 1.82) is 0 Å². The van der Waals surface area contributed by atoms with Crippen LogP contribution in [0, 0.1) is 11.8 Å².